The number of benzene rings is 1. The third-order valence-corrected chi connectivity index (χ3v) is 4.92. The summed E-state index contributed by atoms with van der Waals surface area (Å²) in [5, 5.41) is 7.19. The summed E-state index contributed by atoms with van der Waals surface area (Å²) in [5.41, 5.74) is 8.00. The first kappa shape index (κ1) is 19.2. The van der Waals surface area contributed by atoms with E-state index in [2.05, 4.69) is 40.3 Å². The van der Waals surface area contributed by atoms with Gasteiger partial charge in [0, 0.05) is 35.8 Å². The Hall–Kier alpha value is -2.60. The lowest BCUT2D eigenvalue weighted by Gasteiger charge is -2.14. The Bertz CT molecular complexity index is 802. The second-order valence-electron chi connectivity index (χ2n) is 7.08. The van der Waals surface area contributed by atoms with Gasteiger partial charge in [-0.2, -0.15) is 5.10 Å². The second-order valence-corrected chi connectivity index (χ2v) is 7.08. The van der Waals surface area contributed by atoms with Crippen molar-refractivity contribution in [2.24, 2.45) is 5.10 Å². The van der Waals surface area contributed by atoms with Crippen molar-refractivity contribution in [3.63, 3.8) is 0 Å². The van der Waals surface area contributed by atoms with Crippen LogP contribution in [0.25, 0.3) is 0 Å². The molecule has 6 nitrogen and oxygen atoms in total. The molecular weight excluding hydrogens is 340 g/mol. The van der Waals surface area contributed by atoms with Gasteiger partial charge in [-0.15, -0.1) is 0 Å². The number of nitrogens with zero attached hydrogens (tertiary/aromatic N) is 2. The van der Waals surface area contributed by atoms with Crippen LogP contribution in [-0.2, 0) is 16.1 Å². The number of nitrogens with one attached hydrogen (secondary N) is 2. The maximum absolute atomic E-state index is 12.0. The summed E-state index contributed by atoms with van der Waals surface area (Å²) in [5.74, 6) is -0.181. The number of aromatic nitrogens is 1. The number of amides is 1. The summed E-state index contributed by atoms with van der Waals surface area (Å²) < 4.78 is 8.00. The highest BCUT2D eigenvalue weighted by Gasteiger charge is 2.18. The van der Waals surface area contributed by atoms with Crippen LogP contribution in [0.4, 0.5) is 5.69 Å². The minimum absolute atomic E-state index is 0.179. The van der Waals surface area contributed by atoms with Crippen molar-refractivity contribution in [3.05, 3.63) is 52.8 Å². The Morgan fingerprint density at radius 3 is 2.78 bits per heavy atom. The molecule has 144 valence electrons. The van der Waals surface area contributed by atoms with Crippen LogP contribution in [0.5, 0.6) is 0 Å². The number of hydrazone groups is 1. The molecule has 0 saturated carbocycles. The van der Waals surface area contributed by atoms with Gasteiger partial charge < -0.3 is 14.6 Å². The molecule has 1 amide bonds. The van der Waals surface area contributed by atoms with Crippen molar-refractivity contribution in [2.75, 3.05) is 18.5 Å². The van der Waals surface area contributed by atoms with Crippen LogP contribution in [-0.4, -0.2) is 35.9 Å². The highest BCUT2D eigenvalue weighted by Crippen LogP contribution is 2.19. The van der Waals surface area contributed by atoms with E-state index in [-0.39, 0.29) is 12.5 Å². The normalized spacial score (nSPS) is 16.8. The molecular formula is C21H28N4O2. The second kappa shape index (κ2) is 8.86. The fraction of sp³-hybridized carbons (Fsp3) is 0.429. The maximum Gasteiger partial charge on any atom is 0.259 e. The number of hydrogen-bond acceptors (Lipinski definition) is 4. The van der Waals surface area contributed by atoms with Crippen molar-refractivity contribution in [3.8, 4) is 0 Å². The van der Waals surface area contributed by atoms with Crippen LogP contribution in [0.3, 0.4) is 0 Å². The van der Waals surface area contributed by atoms with Gasteiger partial charge in [0.2, 0.25) is 0 Å². The van der Waals surface area contributed by atoms with E-state index in [4.69, 9.17) is 4.74 Å². The quantitative estimate of drug-likeness (QED) is 0.583. The van der Waals surface area contributed by atoms with Crippen molar-refractivity contribution in [2.45, 2.75) is 46.3 Å². The summed E-state index contributed by atoms with van der Waals surface area (Å²) in [6.07, 6.45) is 4.26. The van der Waals surface area contributed by atoms with Crippen molar-refractivity contribution in [1.82, 2.24) is 9.99 Å². The van der Waals surface area contributed by atoms with Gasteiger partial charge in [0.25, 0.3) is 5.91 Å². The maximum atomic E-state index is 12.0. The molecule has 1 aromatic carbocycles. The van der Waals surface area contributed by atoms with E-state index in [0.29, 0.717) is 6.10 Å². The Labute approximate surface area is 160 Å². The first-order valence-electron chi connectivity index (χ1n) is 9.43. The molecule has 1 saturated heterocycles. The van der Waals surface area contributed by atoms with E-state index in [0.717, 1.165) is 42.9 Å². The van der Waals surface area contributed by atoms with E-state index in [1.807, 2.05) is 31.2 Å². The largest absolute Gasteiger partial charge is 0.376 e. The summed E-state index contributed by atoms with van der Waals surface area (Å²) in [4.78, 5) is 12.0. The van der Waals surface area contributed by atoms with Gasteiger partial charge in [0.05, 0.1) is 18.9 Å². The molecule has 3 rings (SSSR count). The Balaban J connectivity index is 1.51. The van der Waals surface area contributed by atoms with Gasteiger partial charge in [-0.3, -0.25) is 4.79 Å². The molecule has 0 unspecified atom stereocenters. The topological polar surface area (TPSA) is 67.7 Å². The third kappa shape index (κ3) is 5.20. The first-order chi connectivity index (χ1) is 13.0. The van der Waals surface area contributed by atoms with Crippen molar-refractivity contribution in [1.29, 1.82) is 0 Å². The van der Waals surface area contributed by atoms with Crippen LogP contribution in [0.15, 0.2) is 35.4 Å². The standard InChI is InChI=1S/C21H28N4O2/c1-15-6-8-19(9-7-15)22-13-21(26)24-23-12-18-11-16(2)25(17(18)3)14-20-5-4-10-27-20/h6-9,11-12,20,22H,4-5,10,13-14H2,1-3H3,(H,24,26)/b23-12-/t20-/m1/s1. The minimum atomic E-state index is -0.181. The molecule has 0 bridgehead atoms. The Morgan fingerprint density at radius 2 is 2.07 bits per heavy atom. The van der Waals surface area contributed by atoms with Gasteiger partial charge in [0.1, 0.15) is 0 Å². The highest BCUT2D eigenvalue weighted by atomic mass is 16.5. The van der Waals surface area contributed by atoms with Gasteiger partial charge >= 0.3 is 0 Å². The molecule has 0 aliphatic carbocycles. The van der Waals surface area contributed by atoms with Crippen molar-refractivity contribution < 1.29 is 9.53 Å². The monoisotopic (exact) mass is 368 g/mol. The van der Waals surface area contributed by atoms with Gasteiger partial charge in [-0.1, -0.05) is 17.7 Å². The zero-order chi connectivity index (χ0) is 19.2. The van der Waals surface area contributed by atoms with Crippen LogP contribution in [0.1, 0.15) is 35.4 Å². The SMILES string of the molecule is Cc1ccc(NCC(=O)N/N=C\c2cc(C)n(C[C@H]3CCCO3)c2C)cc1. The fourth-order valence-electron chi connectivity index (χ4n) is 3.30. The molecule has 2 aromatic rings. The number of anilines is 1. The molecule has 27 heavy (non-hydrogen) atoms. The number of ether oxygens (including phenoxy) is 1. The molecule has 1 aliphatic heterocycles. The van der Waals surface area contributed by atoms with Crippen LogP contribution >= 0.6 is 0 Å². The summed E-state index contributed by atoms with van der Waals surface area (Å²) >= 11 is 0. The lowest BCUT2D eigenvalue weighted by molar-refractivity contribution is -0.119. The van der Waals surface area contributed by atoms with Crippen LogP contribution in [0.2, 0.25) is 0 Å². The Morgan fingerprint density at radius 1 is 1.30 bits per heavy atom. The van der Waals surface area contributed by atoms with Crippen molar-refractivity contribution >= 4 is 17.8 Å². The fourth-order valence-corrected chi connectivity index (χ4v) is 3.30. The molecule has 2 N–H and O–H groups in total. The molecule has 2 heterocycles. The Kier molecular flexibility index (Phi) is 6.29. The zero-order valence-corrected chi connectivity index (χ0v) is 16.3. The van der Waals surface area contributed by atoms with E-state index in [9.17, 15) is 4.79 Å². The van der Waals surface area contributed by atoms with Crippen LogP contribution in [0, 0.1) is 20.8 Å². The average Bonchev–Trinajstić information content (AvgIpc) is 3.25. The number of hydrogen-bond donors (Lipinski definition) is 2. The number of carbonyl (C=O) groups is 1. The summed E-state index contributed by atoms with van der Waals surface area (Å²) in [7, 11) is 0. The molecule has 1 fully saturated rings. The predicted octanol–water partition coefficient (Wildman–Crippen LogP) is 3.15. The third-order valence-electron chi connectivity index (χ3n) is 4.92. The molecule has 1 aromatic heterocycles. The average molecular weight is 368 g/mol. The molecule has 0 radical (unpaired) electrons. The smallest absolute Gasteiger partial charge is 0.259 e. The first-order valence-corrected chi connectivity index (χ1v) is 9.43. The predicted molar refractivity (Wildman–Crippen MR) is 108 cm³/mol. The van der Waals surface area contributed by atoms with Gasteiger partial charge in [-0.25, -0.2) is 5.43 Å². The molecule has 6 heteroatoms. The lowest BCUT2D eigenvalue weighted by Crippen LogP contribution is -2.25. The number of aryl methyl sites for hydroxylation is 2. The molecule has 1 atom stereocenters. The van der Waals surface area contributed by atoms with Gasteiger partial charge in [-0.05, 0) is 51.8 Å². The lowest BCUT2D eigenvalue weighted by atomic mass is 10.2. The molecule has 1 aliphatic rings. The summed E-state index contributed by atoms with van der Waals surface area (Å²) in [6.45, 7) is 8.11. The van der Waals surface area contributed by atoms with Crippen LogP contribution < -0.4 is 10.7 Å². The van der Waals surface area contributed by atoms with E-state index in [1.165, 1.54) is 11.3 Å². The minimum Gasteiger partial charge on any atom is -0.376 e. The highest BCUT2D eigenvalue weighted by molar-refractivity contribution is 5.85. The molecule has 0 spiro atoms. The zero-order valence-electron chi connectivity index (χ0n) is 16.3. The number of rotatable bonds is 7. The van der Waals surface area contributed by atoms with E-state index < -0.39 is 0 Å². The van der Waals surface area contributed by atoms with E-state index >= 15 is 0 Å². The number of carbonyl (C=O) groups excluding carboxylic acids is 1. The van der Waals surface area contributed by atoms with Gasteiger partial charge in [0.15, 0.2) is 0 Å². The van der Waals surface area contributed by atoms with E-state index in [1.54, 1.807) is 6.21 Å². The summed E-state index contributed by atoms with van der Waals surface area (Å²) in [6, 6.07) is 10.0.